The quantitative estimate of drug-likeness (QED) is 0.670. The highest BCUT2D eigenvalue weighted by molar-refractivity contribution is 5.91. The Hall–Kier alpha value is -3.34. The van der Waals surface area contributed by atoms with Gasteiger partial charge in [0.05, 0.1) is 11.9 Å². The van der Waals surface area contributed by atoms with Gasteiger partial charge in [0.1, 0.15) is 11.6 Å². The van der Waals surface area contributed by atoms with E-state index >= 15 is 0 Å². The topological polar surface area (TPSA) is 63.2 Å². The van der Waals surface area contributed by atoms with Crippen molar-refractivity contribution < 1.29 is 9.53 Å². The fourth-order valence-electron chi connectivity index (χ4n) is 2.47. The van der Waals surface area contributed by atoms with Gasteiger partial charge in [0.2, 0.25) is 0 Å². The van der Waals surface area contributed by atoms with Gasteiger partial charge in [-0.25, -0.2) is 4.98 Å². The zero-order valence-corrected chi connectivity index (χ0v) is 14.6. The molecule has 0 spiro atoms. The van der Waals surface area contributed by atoms with Crippen molar-refractivity contribution in [3.05, 3.63) is 84.6 Å². The summed E-state index contributed by atoms with van der Waals surface area (Å²) in [4.78, 5) is 16.2. The number of hydrogen-bond donors (Lipinski definition) is 2. The number of pyridine rings is 1. The van der Waals surface area contributed by atoms with E-state index in [1.54, 1.807) is 24.4 Å². The molecule has 0 saturated heterocycles. The molecule has 1 unspecified atom stereocenters. The summed E-state index contributed by atoms with van der Waals surface area (Å²) in [5.74, 6) is 0.898. The van der Waals surface area contributed by atoms with E-state index < -0.39 is 0 Å². The van der Waals surface area contributed by atoms with E-state index in [2.05, 4.69) is 34.7 Å². The molecule has 1 aromatic heterocycles. The number of carbonyl (C=O) groups excluding carboxylic acids is 1. The number of para-hydroxylation sites is 1. The molecule has 0 fully saturated rings. The van der Waals surface area contributed by atoms with Crippen molar-refractivity contribution in [3.63, 3.8) is 0 Å². The van der Waals surface area contributed by atoms with Gasteiger partial charge in [0.25, 0.3) is 5.91 Å². The van der Waals surface area contributed by atoms with Crippen molar-refractivity contribution in [2.24, 2.45) is 0 Å². The van der Waals surface area contributed by atoms with Crippen LogP contribution >= 0.6 is 0 Å². The highest BCUT2D eigenvalue weighted by Crippen LogP contribution is 2.19. The van der Waals surface area contributed by atoms with Crippen LogP contribution in [0.1, 0.15) is 18.5 Å². The molecule has 5 nitrogen and oxygen atoms in total. The summed E-state index contributed by atoms with van der Waals surface area (Å²) in [6.45, 7) is 2.03. The third-order valence-electron chi connectivity index (χ3n) is 3.83. The first kappa shape index (κ1) is 17.5. The standard InChI is InChI=1S/C21H21N3O2/c1-16(17-8-4-2-5-9-17)23-18-12-13-20(22-14-18)24-21(25)15-26-19-10-6-3-7-11-19/h2-14,16,23H,15H2,1H3,(H,22,24,25). The summed E-state index contributed by atoms with van der Waals surface area (Å²) in [5, 5.41) is 6.11. The Balaban J connectivity index is 1.50. The second kappa shape index (κ2) is 8.67. The molecule has 26 heavy (non-hydrogen) atoms. The molecule has 132 valence electrons. The number of anilines is 2. The number of rotatable bonds is 7. The van der Waals surface area contributed by atoms with Gasteiger partial charge in [-0.05, 0) is 36.8 Å². The molecule has 0 radical (unpaired) electrons. The van der Waals surface area contributed by atoms with E-state index in [9.17, 15) is 4.79 Å². The molecule has 2 aromatic carbocycles. The molecule has 2 N–H and O–H groups in total. The lowest BCUT2D eigenvalue weighted by molar-refractivity contribution is -0.118. The summed E-state index contributed by atoms with van der Waals surface area (Å²) in [6.07, 6.45) is 1.70. The van der Waals surface area contributed by atoms with Gasteiger partial charge in [-0.1, -0.05) is 48.5 Å². The zero-order valence-electron chi connectivity index (χ0n) is 14.6. The van der Waals surface area contributed by atoms with E-state index in [-0.39, 0.29) is 18.6 Å². The number of aromatic nitrogens is 1. The first-order chi connectivity index (χ1) is 12.7. The molecule has 1 heterocycles. The van der Waals surface area contributed by atoms with Crippen LogP contribution in [0.3, 0.4) is 0 Å². The van der Waals surface area contributed by atoms with E-state index in [4.69, 9.17) is 4.74 Å². The number of benzene rings is 2. The van der Waals surface area contributed by atoms with Gasteiger partial charge in [0.15, 0.2) is 6.61 Å². The van der Waals surface area contributed by atoms with Gasteiger partial charge in [-0.15, -0.1) is 0 Å². The van der Waals surface area contributed by atoms with Crippen LogP contribution in [0.5, 0.6) is 5.75 Å². The van der Waals surface area contributed by atoms with Gasteiger partial charge in [-0.3, -0.25) is 4.79 Å². The Kier molecular flexibility index (Phi) is 5.83. The van der Waals surface area contributed by atoms with Crippen molar-refractivity contribution in [1.82, 2.24) is 4.98 Å². The Morgan fingerprint density at radius 2 is 1.69 bits per heavy atom. The van der Waals surface area contributed by atoms with Crippen molar-refractivity contribution in [2.75, 3.05) is 17.2 Å². The number of nitrogens with zero attached hydrogens (tertiary/aromatic N) is 1. The minimum Gasteiger partial charge on any atom is -0.484 e. The van der Waals surface area contributed by atoms with E-state index in [1.807, 2.05) is 42.5 Å². The Morgan fingerprint density at radius 3 is 2.35 bits per heavy atom. The van der Waals surface area contributed by atoms with Crippen LogP contribution in [-0.4, -0.2) is 17.5 Å². The summed E-state index contributed by atoms with van der Waals surface area (Å²) >= 11 is 0. The fourth-order valence-corrected chi connectivity index (χ4v) is 2.47. The van der Waals surface area contributed by atoms with Crippen molar-refractivity contribution >= 4 is 17.4 Å². The summed E-state index contributed by atoms with van der Waals surface area (Å²) < 4.78 is 5.41. The van der Waals surface area contributed by atoms with Crippen LogP contribution in [0.2, 0.25) is 0 Å². The molecule has 1 amide bonds. The Labute approximate surface area is 153 Å². The van der Waals surface area contributed by atoms with Gasteiger partial charge in [-0.2, -0.15) is 0 Å². The van der Waals surface area contributed by atoms with Crippen LogP contribution in [0, 0.1) is 0 Å². The number of hydrogen-bond acceptors (Lipinski definition) is 4. The largest absolute Gasteiger partial charge is 0.484 e. The zero-order chi connectivity index (χ0) is 18.2. The van der Waals surface area contributed by atoms with Gasteiger partial charge >= 0.3 is 0 Å². The summed E-state index contributed by atoms with van der Waals surface area (Å²) in [7, 11) is 0. The molecular formula is C21H21N3O2. The maximum absolute atomic E-state index is 11.9. The SMILES string of the molecule is CC(Nc1ccc(NC(=O)COc2ccccc2)nc1)c1ccccc1. The van der Waals surface area contributed by atoms with Crippen LogP contribution in [0.15, 0.2) is 79.0 Å². The first-order valence-corrected chi connectivity index (χ1v) is 8.46. The number of amides is 1. The van der Waals surface area contributed by atoms with E-state index in [1.165, 1.54) is 5.56 Å². The average Bonchev–Trinajstić information content (AvgIpc) is 2.69. The molecule has 3 aromatic rings. The molecule has 0 aliphatic carbocycles. The second-order valence-electron chi connectivity index (χ2n) is 5.86. The smallest absolute Gasteiger partial charge is 0.263 e. The highest BCUT2D eigenvalue weighted by Gasteiger charge is 2.07. The minimum atomic E-state index is -0.250. The molecule has 3 rings (SSSR count). The van der Waals surface area contributed by atoms with Gasteiger partial charge in [0, 0.05) is 6.04 Å². The van der Waals surface area contributed by atoms with Crippen LogP contribution in [-0.2, 0) is 4.79 Å². The van der Waals surface area contributed by atoms with Crippen LogP contribution in [0.4, 0.5) is 11.5 Å². The minimum absolute atomic E-state index is 0.0588. The third kappa shape index (κ3) is 5.08. The molecule has 1 atom stereocenters. The average molecular weight is 347 g/mol. The molecule has 0 saturated carbocycles. The number of ether oxygens (including phenoxy) is 1. The molecule has 5 heteroatoms. The number of carbonyl (C=O) groups is 1. The van der Waals surface area contributed by atoms with Crippen molar-refractivity contribution in [1.29, 1.82) is 0 Å². The second-order valence-corrected chi connectivity index (χ2v) is 5.86. The maximum Gasteiger partial charge on any atom is 0.263 e. The van der Waals surface area contributed by atoms with E-state index in [0.717, 1.165) is 5.69 Å². The summed E-state index contributed by atoms with van der Waals surface area (Å²) in [6, 6.07) is 23.2. The molecule has 0 bridgehead atoms. The maximum atomic E-state index is 11.9. The predicted molar refractivity (Wildman–Crippen MR) is 103 cm³/mol. The lowest BCUT2D eigenvalue weighted by Gasteiger charge is -2.15. The number of nitrogens with one attached hydrogen (secondary N) is 2. The van der Waals surface area contributed by atoms with Crippen molar-refractivity contribution in [2.45, 2.75) is 13.0 Å². The molecule has 0 aliphatic rings. The first-order valence-electron chi connectivity index (χ1n) is 8.46. The molecule has 0 aliphatic heterocycles. The van der Waals surface area contributed by atoms with E-state index in [0.29, 0.717) is 11.6 Å². The Bertz CT molecular complexity index is 821. The molecular weight excluding hydrogens is 326 g/mol. The Morgan fingerprint density at radius 1 is 1.00 bits per heavy atom. The van der Waals surface area contributed by atoms with Crippen molar-refractivity contribution in [3.8, 4) is 5.75 Å². The lowest BCUT2D eigenvalue weighted by atomic mass is 10.1. The lowest BCUT2D eigenvalue weighted by Crippen LogP contribution is -2.20. The highest BCUT2D eigenvalue weighted by atomic mass is 16.5. The normalized spacial score (nSPS) is 11.4. The van der Waals surface area contributed by atoms with Crippen LogP contribution in [0.25, 0.3) is 0 Å². The third-order valence-corrected chi connectivity index (χ3v) is 3.83. The monoisotopic (exact) mass is 347 g/mol. The van der Waals surface area contributed by atoms with Crippen LogP contribution < -0.4 is 15.4 Å². The fraction of sp³-hybridized carbons (Fsp3) is 0.143. The van der Waals surface area contributed by atoms with Gasteiger partial charge < -0.3 is 15.4 Å². The summed E-state index contributed by atoms with van der Waals surface area (Å²) in [5.41, 5.74) is 2.09. The predicted octanol–water partition coefficient (Wildman–Crippen LogP) is 4.27.